The van der Waals surface area contributed by atoms with Crippen LogP contribution in [0.15, 0.2) is 53.7 Å². The summed E-state index contributed by atoms with van der Waals surface area (Å²) in [6, 6.07) is 9.56. The SMILES string of the molecule is Nc1cnc2c(ccn2S(=O)(=O)c2ccccc2)c1NC1CCC(NCC(F)(F)F)CC1. The molecule has 2 heterocycles. The van der Waals surface area contributed by atoms with E-state index in [0.717, 1.165) is 3.97 Å². The highest BCUT2D eigenvalue weighted by Gasteiger charge is 2.30. The van der Waals surface area contributed by atoms with Gasteiger partial charge in [-0.2, -0.15) is 13.2 Å². The van der Waals surface area contributed by atoms with Gasteiger partial charge in [0.1, 0.15) is 0 Å². The first-order chi connectivity index (χ1) is 15.1. The number of alkyl halides is 3. The van der Waals surface area contributed by atoms with Crippen molar-refractivity contribution in [1.82, 2.24) is 14.3 Å². The van der Waals surface area contributed by atoms with E-state index in [9.17, 15) is 21.6 Å². The number of fused-ring (bicyclic) bond motifs is 1. The number of benzene rings is 1. The number of aromatic nitrogens is 2. The standard InChI is InChI=1S/C21H24F3N5O2S/c22-21(23,24)13-27-14-6-8-15(9-7-14)28-19-17-10-11-29(20(17)26-12-18(19)25)32(30,31)16-4-2-1-3-5-16/h1-5,10-12,14-15,27H,6-9,13,25H2,(H,26,28). The van der Waals surface area contributed by atoms with Crippen LogP contribution in [-0.2, 0) is 10.0 Å². The number of pyridine rings is 1. The van der Waals surface area contributed by atoms with Crippen molar-refractivity contribution in [1.29, 1.82) is 0 Å². The zero-order valence-corrected chi connectivity index (χ0v) is 18.0. The number of hydrogen-bond acceptors (Lipinski definition) is 6. The van der Waals surface area contributed by atoms with Crippen LogP contribution in [0.4, 0.5) is 24.5 Å². The van der Waals surface area contributed by atoms with E-state index in [4.69, 9.17) is 5.73 Å². The van der Waals surface area contributed by atoms with Gasteiger partial charge >= 0.3 is 6.18 Å². The summed E-state index contributed by atoms with van der Waals surface area (Å²) < 4.78 is 64.5. The van der Waals surface area contributed by atoms with E-state index in [0.29, 0.717) is 42.4 Å². The molecule has 11 heteroatoms. The van der Waals surface area contributed by atoms with Gasteiger partial charge in [0, 0.05) is 23.7 Å². The van der Waals surface area contributed by atoms with Crippen molar-refractivity contribution in [2.24, 2.45) is 0 Å². The average molecular weight is 468 g/mol. The fourth-order valence-corrected chi connectivity index (χ4v) is 5.37. The maximum atomic E-state index is 13.0. The molecule has 32 heavy (non-hydrogen) atoms. The van der Waals surface area contributed by atoms with Gasteiger partial charge in [0.25, 0.3) is 10.0 Å². The quantitative estimate of drug-likeness (QED) is 0.511. The number of nitrogens with two attached hydrogens (primary N) is 1. The molecule has 1 fully saturated rings. The van der Waals surface area contributed by atoms with Gasteiger partial charge in [-0.15, -0.1) is 0 Å². The van der Waals surface area contributed by atoms with Crippen molar-refractivity contribution in [3.63, 3.8) is 0 Å². The summed E-state index contributed by atoms with van der Waals surface area (Å²) in [5.41, 5.74) is 7.36. The van der Waals surface area contributed by atoms with Gasteiger partial charge in [0.2, 0.25) is 0 Å². The summed E-state index contributed by atoms with van der Waals surface area (Å²) in [6.07, 6.45) is 1.18. The van der Waals surface area contributed by atoms with Crippen LogP contribution in [0.5, 0.6) is 0 Å². The molecule has 4 rings (SSSR count). The van der Waals surface area contributed by atoms with Gasteiger partial charge in [-0.3, -0.25) is 0 Å². The molecule has 1 aromatic carbocycles. The minimum absolute atomic E-state index is 0.0147. The summed E-state index contributed by atoms with van der Waals surface area (Å²) in [6.45, 7) is -0.989. The van der Waals surface area contributed by atoms with Crippen LogP contribution in [0.25, 0.3) is 11.0 Å². The van der Waals surface area contributed by atoms with Crippen LogP contribution in [0.2, 0.25) is 0 Å². The number of nitrogens with one attached hydrogen (secondary N) is 2. The van der Waals surface area contributed by atoms with E-state index >= 15 is 0 Å². The first kappa shape index (κ1) is 22.4. The van der Waals surface area contributed by atoms with Crippen molar-refractivity contribution < 1.29 is 21.6 Å². The molecule has 0 atom stereocenters. The fraction of sp³-hybridized carbons (Fsp3) is 0.381. The Balaban J connectivity index is 1.53. The van der Waals surface area contributed by atoms with Crippen molar-refractivity contribution in [2.45, 2.75) is 48.8 Å². The smallest absolute Gasteiger partial charge is 0.396 e. The molecule has 1 saturated carbocycles. The Bertz CT molecular complexity index is 1190. The Labute approximate surface area is 183 Å². The molecule has 1 aliphatic carbocycles. The number of halogens is 3. The maximum Gasteiger partial charge on any atom is 0.401 e. The molecule has 3 aromatic rings. The van der Waals surface area contributed by atoms with Gasteiger partial charge in [-0.25, -0.2) is 17.4 Å². The Morgan fingerprint density at radius 2 is 1.72 bits per heavy atom. The third kappa shape index (κ3) is 4.68. The van der Waals surface area contributed by atoms with Crippen molar-refractivity contribution in [3.8, 4) is 0 Å². The lowest BCUT2D eigenvalue weighted by Gasteiger charge is -2.31. The molecule has 0 aliphatic heterocycles. The molecule has 1 aliphatic rings. The Hall–Kier alpha value is -2.79. The Morgan fingerprint density at radius 1 is 1.06 bits per heavy atom. The first-order valence-corrected chi connectivity index (χ1v) is 11.7. The molecule has 7 nitrogen and oxygen atoms in total. The van der Waals surface area contributed by atoms with Crippen LogP contribution in [0, 0.1) is 0 Å². The van der Waals surface area contributed by atoms with Gasteiger partial charge in [0.15, 0.2) is 5.65 Å². The lowest BCUT2D eigenvalue weighted by Crippen LogP contribution is -2.41. The molecule has 0 unspecified atom stereocenters. The highest BCUT2D eigenvalue weighted by atomic mass is 32.2. The van der Waals surface area contributed by atoms with Crippen LogP contribution in [-0.4, -0.2) is 42.2 Å². The molecule has 0 bridgehead atoms. The fourth-order valence-electron chi connectivity index (χ4n) is 4.05. The Morgan fingerprint density at radius 3 is 2.38 bits per heavy atom. The zero-order chi connectivity index (χ0) is 22.9. The predicted octanol–water partition coefficient (Wildman–Crippen LogP) is 3.73. The van der Waals surface area contributed by atoms with Crippen molar-refractivity contribution >= 4 is 32.4 Å². The molecule has 172 valence electrons. The van der Waals surface area contributed by atoms with Crippen LogP contribution >= 0.6 is 0 Å². The van der Waals surface area contributed by atoms with Gasteiger partial charge in [0.05, 0.1) is 29.0 Å². The van der Waals surface area contributed by atoms with Gasteiger partial charge in [-0.05, 0) is 43.9 Å². The number of rotatable bonds is 6. The average Bonchev–Trinajstić information content (AvgIpc) is 3.20. The molecule has 0 spiro atoms. The second kappa shape index (κ2) is 8.62. The molecule has 0 saturated heterocycles. The maximum absolute atomic E-state index is 13.0. The predicted molar refractivity (Wildman–Crippen MR) is 117 cm³/mol. The van der Waals surface area contributed by atoms with Crippen molar-refractivity contribution in [2.75, 3.05) is 17.6 Å². The van der Waals surface area contributed by atoms with Gasteiger partial charge < -0.3 is 16.4 Å². The molecule has 0 amide bonds. The summed E-state index contributed by atoms with van der Waals surface area (Å²) in [5, 5.41) is 6.50. The first-order valence-electron chi connectivity index (χ1n) is 10.3. The normalized spacial score (nSPS) is 19.8. The summed E-state index contributed by atoms with van der Waals surface area (Å²) in [4.78, 5) is 4.40. The van der Waals surface area contributed by atoms with E-state index in [-0.39, 0.29) is 22.6 Å². The van der Waals surface area contributed by atoms with E-state index in [2.05, 4.69) is 15.6 Å². The lowest BCUT2D eigenvalue weighted by atomic mass is 9.91. The summed E-state index contributed by atoms with van der Waals surface area (Å²) >= 11 is 0. The van der Waals surface area contributed by atoms with Crippen LogP contribution in [0.1, 0.15) is 25.7 Å². The molecule has 4 N–H and O–H groups in total. The van der Waals surface area contributed by atoms with E-state index in [1.54, 1.807) is 24.3 Å². The third-order valence-electron chi connectivity index (χ3n) is 5.68. The zero-order valence-electron chi connectivity index (χ0n) is 17.1. The van der Waals surface area contributed by atoms with Crippen LogP contribution < -0.4 is 16.4 Å². The summed E-state index contributed by atoms with van der Waals surface area (Å²) in [7, 11) is -3.83. The van der Waals surface area contributed by atoms with E-state index in [1.807, 2.05) is 0 Å². The molecule has 2 aromatic heterocycles. The minimum Gasteiger partial charge on any atom is -0.396 e. The third-order valence-corrected chi connectivity index (χ3v) is 7.36. The second-order valence-electron chi connectivity index (χ2n) is 7.94. The summed E-state index contributed by atoms with van der Waals surface area (Å²) in [5.74, 6) is 0. The van der Waals surface area contributed by atoms with E-state index in [1.165, 1.54) is 24.5 Å². The van der Waals surface area contributed by atoms with E-state index < -0.39 is 22.7 Å². The highest BCUT2D eigenvalue weighted by molar-refractivity contribution is 7.90. The molecule has 0 radical (unpaired) electrons. The molecular formula is C21H24F3N5O2S. The second-order valence-corrected chi connectivity index (χ2v) is 9.76. The largest absolute Gasteiger partial charge is 0.401 e. The number of nitrogen functional groups attached to an aromatic ring is 1. The van der Waals surface area contributed by atoms with Crippen molar-refractivity contribution in [3.05, 3.63) is 48.8 Å². The highest BCUT2D eigenvalue weighted by Crippen LogP contribution is 2.33. The van der Waals surface area contributed by atoms with Gasteiger partial charge in [-0.1, -0.05) is 18.2 Å². The number of hydrogen-bond donors (Lipinski definition) is 3. The number of nitrogens with zero attached hydrogens (tertiary/aromatic N) is 2. The monoisotopic (exact) mass is 467 g/mol. The minimum atomic E-state index is -4.22. The molecular weight excluding hydrogens is 443 g/mol. The lowest BCUT2D eigenvalue weighted by molar-refractivity contribution is -0.126. The number of anilines is 2. The topological polar surface area (TPSA) is 102 Å². The Kier molecular flexibility index (Phi) is 6.04. The van der Waals surface area contributed by atoms with Crippen LogP contribution in [0.3, 0.4) is 0 Å².